The van der Waals surface area contributed by atoms with Crippen LogP contribution in [0.1, 0.15) is 12.0 Å². The molecule has 3 nitrogen and oxygen atoms in total. The molecule has 1 aromatic rings. The van der Waals surface area contributed by atoms with Crippen LogP contribution in [0.15, 0.2) is 33.6 Å². The molecular formula is C13H12Br2N2OS. The Morgan fingerprint density at radius 3 is 2.63 bits per heavy atom. The number of halogens is 2. The van der Waals surface area contributed by atoms with Crippen LogP contribution in [-0.4, -0.2) is 27.8 Å². The molecule has 1 N–H and O–H groups in total. The first-order valence-electron chi connectivity index (χ1n) is 5.73. The summed E-state index contributed by atoms with van der Waals surface area (Å²) in [5, 5.41) is 9.00. The summed E-state index contributed by atoms with van der Waals surface area (Å²) in [6, 6.07) is 7.75. The molecular weight excluding hydrogens is 392 g/mol. The zero-order valence-electron chi connectivity index (χ0n) is 10.0. The van der Waals surface area contributed by atoms with Gasteiger partial charge in [-0.1, -0.05) is 44.0 Å². The van der Waals surface area contributed by atoms with Gasteiger partial charge in [-0.05, 0) is 42.0 Å². The molecule has 0 bridgehead atoms. The molecule has 6 heteroatoms. The van der Waals surface area contributed by atoms with Crippen molar-refractivity contribution in [3.05, 3.63) is 39.2 Å². The average Bonchev–Trinajstić information content (AvgIpc) is 2.65. The Morgan fingerprint density at radius 1 is 1.32 bits per heavy atom. The number of rotatable bonds is 4. The summed E-state index contributed by atoms with van der Waals surface area (Å²) >= 11 is 7.94. The molecule has 19 heavy (non-hydrogen) atoms. The zero-order valence-corrected chi connectivity index (χ0v) is 14.0. The number of hydrogen-bond acceptors (Lipinski definition) is 3. The van der Waals surface area contributed by atoms with Crippen LogP contribution in [0.4, 0.5) is 0 Å². The van der Waals surface area contributed by atoms with Crippen LogP contribution >= 0.6 is 43.6 Å². The minimum Gasteiger partial charge on any atom is -0.287 e. The van der Waals surface area contributed by atoms with E-state index >= 15 is 0 Å². The molecule has 1 aliphatic rings. The van der Waals surface area contributed by atoms with Crippen LogP contribution < -0.4 is 0 Å². The lowest BCUT2D eigenvalue weighted by Crippen LogP contribution is -2.29. The van der Waals surface area contributed by atoms with Crippen LogP contribution in [-0.2, 0) is 4.79 Å². The van der Waals surface area contributed by atoms with Crippen LogP contribution in [0, 0.1) is 5.41 Å². The van der Waals surface area contributed by atoms with Gasteiger partial charge in [-0.15, -0.1) is 0 Å². The third kappa shape index (κ3) is 3.70. The van der Waals surface area contributed by atoms with Crippen molar-refractivity contribution in [3.63, 3.8) is 0 Å². The first-order chi connectivity index (χ1) is 9.11. The van der Waals surface area contributed by atoms with Crippen molar-refractivity contribution in [3.8, 4) is 0 Å². The van der Waals surface area contributed by atoms with E-state index in [2.05, 4.69) is 31.9 Å². The van der Waals surface area contributed by atoms with E-state index < -0.39 is 0 Å². The van der Waals surface area contributed by atoms with Gasteiger partial charge in [0.15, 0.2) is 5.17 Å². The highest BCUT2D eigenvalue weighted by Gasteiger charge is 2.31. The van der Waals surface area contributed by atoms with Crippen molar-refractivity contribution in [2.24, 2.45) is 0 Å². The molecule has 1 saturated heterocycles. The number of carbonyl (C=O) groups excluding carboxylic acids is 1. The van der Waals surface area contributed by atoms with Gasteiger partial charge in [-0.2, -0.15) is 0 Å². The molecule has 2 rings (SSSR count). The van der Waals surface area contributed by atoms with E-state index in [1.165, 1.54) is 16.7 Å². The van der Waals surface area contributed by atoms with Gasteiger partial charge in [0, 0.05) is 16.3 Å². The smallest absolute Gasteiger partial charge is 0.266 e. The van der Waals surface area contributed by atoms with E-state index in [9.17, 15) is 4.79 Å². The Kier molecular flexibility index (Phi) is 5.24. The zero-order chi connectivity index (χ0) is 13.8. The number of amides is 1. The van der Waals surface area contributed by atoms with Crippen molar-refractivity contribution >= 4 is 60.8 Å². The fourth-order valence-corrected chi connectivity index (χ4v) is 3.05. The number of carbonyl (C=O) groups is 1. The molecule has 1 amide bonds. The van der Waals surface area contributed by atoms with E-state index in [0.717, 1.165) is 21.8 Å². The average molecular weight is 404 g/mol. The molecule has 0 atom stereocenters. The number of nitrogens with one attached hydrogen (secondary N) is 1. The van der Waals surface area contributed by atoms with Gasteiger partial charge in [-0.25, -0.2) is 0 Å². The highest BCUT2D eigenvalue weighted by Crippen LogP contribution is 2.31. The maximum atomic E-state index is 12.2. The van der Waals surface area contributed by atoms with Gasteiger partial charge < -0.3 is 0 Å². The van der Waals surface area contributed by atoms with Gasteiger partial charge in [0.1, 0.15) is 0 Å². The van der Waals surface area contributed by atoms with Crippen LogP contribution in [0.5, 0.6) is 0 Å². The Morgan fingerprint density at radius 2 is 2.00 bits per heavy atom. The van der Waals surface area contributed by atoms with Crippen molar-refractivity contribution in [2.45, 2.75) is 6.42 Å². The lowest BCUT2D eigenvalue weighted by molar-refractivity contribution is -0.122. The molecule has 0 radical (unpaired) electrons. The lowest BCUT2D eigenvalue weighted by Gasteiger charge is -2.12. The molecule has 0 aliphatic carbocycles. The fourth-order valence-electron chi connectivity index (χ4n) is 1.65. The normalized spacial score (nSPS) is 17.6. The van der Waals surface area contributed by atoms with Crippen LogP contribution in [0.25, 0.3) is 6.08 Å². The van der Waals surface area contributed by atoms with Crippen molar-refractivity contribution in [1.82, 2.24) is 4.90 Å². The van der Waals surface area contributed by atoms with Crippen molar-refractivity contribution < 1.29 is 4.79 Å². The number of hydrogen-bond donors (Lipinski definition) is 1. The monoisotopic (exact) mass is 402 g/mol. The summed E-state index contributed by atoms with van der Waals surface area (Å²) in [7, 11) is 0. The van der Waals surface area contributed by atoms with Gasteiger partial charge in [0.2, 0.25) is 0 Å². The minimum atomic E-state index is -0.0705. The standard InChI is InChI=1S/C13H12Br2N2OS/c14-6-1-7-17-12(18)11(19-13(17)16)8-9-2-4-10(15)5-3-9/h2-5,8,16H,1,6-7H2/b11-8-,16-13?. The van der Waals surface area contributed by atoms with Crippen LogP contribution in [0.2, 0.25) is 0 Å². The first kappa shape index (κ1) is 14.8. The van der Waals surface area contributed by atoms with Crippen LogP contribution in [0.3, 0.4) is 0 Å². The topological polar surface area (TPSA) is 44.2 Å². The van der Waals surface area contributed by atoms with Gasteiger partial charge in [0.05, 0.1) is 4.91 Å². The van der Waals surface area contributed by atoms with Crippen molar-refractivity contribution in [2.75, 3.05) is 11.9 Å². The summed E-state index contributed by atoms with van der Waals surface area (Å²) in [5.41, 5.74) is 0.967. The second kappa shape index (κ2) is 6.72. The van der Waals surface area contributed by atoms with E-state index in [4.69, 9.17) is 5.41 Å². The third-order valence-corrected chi connectivity index (χ3v) is 4.61. The van der Waals surface area contributed by atoms with Crippen molar-refractivity contribution in [1.29, 1.82) is 5.41 Å². The third-order valence-electron chi connectivity index (χ3n) is 2.59. The quantitative estimate of drug-likeness (QED) is 0.607. The summed E-state index contributed by atoms with van der Waals surface area (Å²) in [4.78, 5) is 14.3. The van der Waals surface area contributed by atoms with Gasteiger partial charge in [-0.3, -0.25) is 15.1 Å². The number of benzene rings is 1. The Balaban J connectivity index is 2.16. The van der Waals surface area contributed by atoms with Gasteiger partial charge in [0.25, 0.3) is 5.91 Å². The highest BCUT2D eigenvalue weighted by molar-refractivity contribution is 9.10. The predicted molar refractivity (Wildman–Crippen MR) is 87.6 cm³/mol. The first-order valence-corrected chi connectivity index (χ1v) is 8.46. The Bertz CT molecular complexity index is 528. The number of nitrogens with zero attached hydrogens (tertiary/aromatic N) is 1. The molecule has 1 fully saturated rings. The molecule has 0 spiro atoms. The lowest BCUT2D eigenvalue weighted by atomic mass is 10.2. The molecule has 0 unspecified atom stereocenters. The van der Waals surface area contributed by atoms with Gasteiger partial charge >= 0.3 is 0 Å². The molecule has 1 aromatic carbocycles. The number of amidine groups is 1. The predicted octanol–water partition coefficient (Wildman–Crippen LogP) is 4.09. The fraction of sp³-hybridized carbons (Fsp3) is 0.231. The highest BCUT2D eigenvalue weighted by atomic mass is 79.9. The molecule has 1 heterocycles. The maximum absolute atomic E-state index is 12.2. The number of alkyl halides is 1. The maximum Gasteiger partial charge on any atom is 0.266 e. The summed E-state index contributed by atoms with van der Waals surface area (Å²) < 4.78 is 1.01. The summed E-state index contributed by atoms with van der Waals surface area (Å²) in [6.07, 6.45) is 2.68. The summed E-state index contributed by atoms with van der Waals surface area (Å²) in [5.74, 6) is -0.0705. The second-order valence-corrected chi connectivity index (χ2v) is 6.71. The van der Waals surface area contributed by atoms with E-state index in [0.29, 0.717) is 16.6 Å². The van der Waals surface area contributed by atoms with E-state index in [-0.39, 0.29) is 5.91 Å². The largest absolute Gasteiger partial charge is 0.287 e. The Hall–Kier alpha value is -0.590. The number of thioether (sulfide) groups is 1. The minimum absolute atomic E-state index is 0.0705. The molecule has 1 aliphatic heterocycles. The Labute approximate surface area is 133 Å². The molecule has 0 aromatic heterocycles. The molecule has 100 valence electrons. The van der Waals surface area contributed by atoms with E-state index in [1.807, 2.05) is 30.3 Å². The second-order valence-electron chi connectivity index (χ2n) is 3.97. The summed E-state index contributed by atoms with van der Waals surface area (Å²) in [6.45, 7) is 0.591. The molecule has 0 saturated carbocycles. The SMILES string of the molecule is N=C1S/C(=C\c2ccc(Br)cc2)C(=O)N1CCCBr. The van der Waals surface area contributed by atoms with E-state index in [1.54, 1.807) is 0 Å².